The molecule has 0 atom stereocenters. The third kappa shape index (κ3) is 2.86. The third-order valence-electron chi connectivity index (χ3n) is 2.92. The Bertz CT molecular complexity index is 438. The average molecular weight is 263 g/mol. The van der Waals surface area contributed by atoms with Crippen LogP contribution in [-0.4, -0.2) is 19.5 Å². The van der Waals surface area contributed by atoms with Crippen LogP contribution in [0.15, 0.2) is 12.1 Å². The first kappa shape index (κ1) is 13.0. The van der Waals surface area contributed by atoms with Crippen molar-refractivity contribution in [3.63, 3.8) is 0 Å². The molecule has 0 aliphatic carbocycles. The lowest BCUT2D eigenvalue weighted by Gasteiger charge is -2.21. The third-order valence-corrected chi connectivity index (χ3v) is 2.92. The predicted molar refractivity (Wildman–Crippen MR) is 59.3 cm³/mol. The van der Waals surface area contributed by atoms with Crippen molar-refractivity contribution in [2.24, 2.45) is 0 Å². The van der Waals surface area contributed by atoms with E-state index >= 15 is 0 Å². The van der Waals surface area contributed by atoms with Crippen LogP contribution in [0, 0.1) is 12.7 Å². The number of alkyl halides is 3. The zero-order valence-corrected chi connectivity index (χ0v) is 9.85. The molecule has 1 aliphatic heterocycles. The maximum atomic E-state index is 13.6. The number of rotatable bonds is 2. The van der Waals surface area contributed by atoms with Crippen LogP contribution in [0.1, 0.15) is 18.4 Å². The van der Waals surface area contributed by atoms with E-state index in [0.29, 0.717) is 11.3 Å². The van der Waals surface area contributed by atoms with E-state index in [4.69, 9.17) is 0 Å². The number of ether oxygens (including phenoxy) is 1. The Morgan fingerprint density at radius 3 is 2.33 bits per heavy atom. The maximum Gasteiger partial charge on any atom is 0.573 e. The van der Waals surface area contributed by atoms with Crippen molar-refractivity contribution in [1.82, 2.24) is 0 Å². The van der Waals surface area contributed by atoms with E-state index in [9.17, 15) is 17.6 Å². The summed E-state index contributed by atoms with van der Waals surface area (Å²) in [5.74, 6) is -1.76. The smallest absolute Gasteiger partial charge is 0.403 e. The minimum Gasteiger partial charge on any atom is -0.403 e. The van der Waals surface area contributed by atoms with Gasteiger partial charge in [0, 0.05) is 24.8 Å². The first-order chi connectivity index (χ1) is 8.37. The summed E-state index contributed by atoms with van der Waals surface area (Å²) in [5, 5.41) is 0. The fourth-order valence-corrected chi connectivity index (χ4v) is 2.15. The average Bonchev–Trinajstić information content (AvgIpc) is 2.74. The molecule has 1 fully saturated rings. The second-order valence-electron chi connectivity index (χ2n) is 4.31. The number of aryl methyl sites for hydroxylation is 1. The number of hydrogen-bond donors (Lipinski definition) is 0. The van der Waals surface area contributed by atoms with Crippen LogP contribution < -0.4 is 9.64 Å². The van der Waals surface area contributed by atoms with E-state index in [1.165, 1.54) is 0 Å². The lowest BCUT2D eigenvalue weighted by molar-refractivity contribution is -0.275. The largest absolute Gasteiger partial charge is 0.573 e. The first-order valence-electron chi connectivity index (χ1n) is 5.67. The Morgan fingerprint density at radius 1 is 1.17 bits per heavy atom. The van der Waals surface area contributed by atoms with Gasteiger partial charge in [-0.1, -0.05) is 0 Å². The number of nitrogens with zero attached hydrogens (tertiary/aromatic N) is 1. The molecular formula is C12H13F4NO. The van der Waals surface area contributed by atoms with E-state index < -0.39 is 17.9 Å². The SMILES string of the molecule is Cc1cc(OC(F)(F)F)c(F)cc1N1CCCC1. The summed E-state index contributed by atoms with van der Waals surface area (Å²) in [5.41, 5.74) is 1.22. The van der Waals surface area contributed by atoms with Gasteiger partial charge in [-0.25, -0.2) is 4.39 Å². The minimum atomic E-state index is -4.87. The van der Waals surface area contributed by atoms with E-state index in [0.717, 1.165) is 38.1 Å². The minimum absolute atomic E-state index is 0.581. The molecule has 1 aromatic rings. The van der Waals surface area contributed by atoms with Crippen LogP contribution in [0.4, 0.5) is 23.2 Å². The van der Waals surface area contributed by atoms with Crippen molar-refractivity contribution in [2.45, 2.75) is 26.1 Å². The Labute approximate surface area is 102 Å². The van der Waals surface area contributed by atoms with Crippen molar-refractivity contribution in [1.29, 1.82) is 0 Å². The van der Waals surface area contributed by atoms with Gasteiger partial charge in [0.1, 0.15) is 0 Å². The summed E-state index contributed by atoms with van der Waals surface area (Å²) < 4.78 is 53.4. The summed E-state index contributed by atoms with van der Waals surface area (Å²) in [6.07, 6.45) is -2.84. The van der Waals surface area contributed by atoms with Gasteiger partial charge in [-0.2, -0.15) is 0 Å². The van der Waals surface area contributed by atoms with Gasteiger partial charge < -0.3 is 9.64 Å². The molecule has 0 N–H and O–H groups in total. The van der Waals surface area contributed by atoms with Gasteiger partial charge in [0.15, 0.2) is 11.6 Å². The highest BCUT2D eigenvalue weighted by atomic mass is 19.4. The molecule has 0 unspecified atom stereocenters. The van der Waals surface area contributed by atoms with Crippen LogP contribution in [0.25, 0.3) is 0 Å². The van der Waals surface area contributed by atoms with Gasteiger partial charge in [0.2, 0.25) is 0 Å². The molecule has 2 nitrogen and oxygen atoms in total. The Balaban J connectivity index is 2.28. The second-order valence-corrected chi connectivity index (χ2v) is 4.31. The molecule has 0 aromatic heterocycles. The molecule has 1 aromatic carbocycles. The number of benzene rings is 1. The van der Waals surface area contributed by atoms with E-state index in [-0.39, 0.29) is 0 Å². The topological polar surface area (TPSA) is 12.5 Å². The molecule has 100 valence electrons. The number of hydrogen-bond acceptors (Lipinski definition) is 2. The predicted octanol–water partition coefficient (Wildman–Crippen LogP) is 3.63. The molecule has 1 saturated heterocycles. The van der Waals surface area contributed by atoms with Gasteiger partial charge in [-0.05, 0) is 31.4 Å². The van der Waals surface area contributed by atoms with Crippen LogP contribution in [0.2, 0.25) is 0 Å². The zero-order valence-electron chi connectivity index (χ0n) is 9.85. The standard InChI is InChI=1S/C12H13F4NO/c1-8-6-11(18-12(14,15)16)9(13)7-10(8)17-4-2-3-5-17/h6-7H,2-5H2,1H3. The Morgan fingerprint density at radius 2 is 1.78 bits per heavy atom. The molecule has 18 heavy (non-hydrogen) atoms. The highest BCUT2D eigenvalue weighted by Gasteiger charge is 2.32. The normalized spacial score (nSPS) is 16.2. The summed E-state index contributed by atoms with van der Waals surface area (Å²) in [6, 6.07) is 2.21. The van der Waals surface area contributed by atoms with E-state index in [1.54, 1.807) is 6.92 Å². The molecule has 2 rings (SSSR count). The molecule has 1 aliphatic rings. The molecular weight excluding hydrogens is 250 g/mol. The van der Waals surface area contributed by atoms with Gasteiger partial charge in [0.05, 0.1) is 0 Å². The number of anilines is 1. The van der Waals surface area contributed by atoms with Crippen molar-refractivity contribution in [3.05, 3.63) is 23.5 Å². The molecule has 1 heterocycles. The zero-order chi connectivity index (χ0) is 13.3. The highest BCUT2D eigenvalue weighted by molar-refractivity contribution is 5.56. The van der Waals surface area contributed by atoms with Crippen molar-refractivity contribution in [2.75, 3.05) is 18.0 Å². The molecule has 0 spiro atoms. The van der Waals surface area contributed by atoms with Crippen LogP contribution in [0.5, 0.6) is 5.75 Å². The summed E-state index contributed by atoms with van der Waals surface area (Å²) in [4.78, 5) is 1.97. The van der Waals surface area contributed by atoms with Crippen LogP contribution in [0.3, 0.4) is 0 Å². The molecule has 0 amide bonds. The summed E-state index contributed by atoms with van der Waals surface area (Å²) in [7, 11) is 0. The van der Waals surface area contributed by atoms with Crippen LogP contribution in [-0.2, 0) is 0 Å². The Kier molecular flexibility index (Phi) is 3.36. The molecule has 0 radical (unpaired) electrons. The summed E-state index contributed by atoms with van der Waals surface area (Å²) >= 11 is 0. The quantitative estimate of drug-likeness (QED) is 0.755. The fraction of sp³-hybridized carbons (Fsp3) is 0.500. The molecule has 0 saturated carbocycles. The van der Waals surface area contributed by atoms with E-state index in [1.807, 2.05) is 4.90 Å². The van der Waals surface area contributed by atoms with Crippen molar-refractivity contribution in [3.8, 4) is 5.75 Å². The highest BCUT2D eigenvalue weighted by Crippen LogP contribution is 2.32. The Hall–Kier alpha value is -1.46. The fourth-order valence-electron chi connectivity index (χ4n) is 2.15. The van der Waals surface area contributed by atoms with Gasteiger partial charge in [0.25, 0.3) is 0 Å². The van der Waals surface area contributed by atoms with Crippen molar-refractivity contribution < 1.29 is 22.3 Å². The monoisotopic (exact) mass is 263 g/mol. The lowest BCUT2D eigenvalue weighted by Crippen LogP contribution is -2.21. The van der Waals surface area contributed by atoms with Gasteiger partial charge >= 0.3 is 6.36 Å². The van der Waals surface area contributed by atoms with E-state index in [2.05, 4.69) is 4.74 Å². The maximum absolute atomic E-state index is 13.6. The van der Waals surface area contributed by atoms with Crippen LogP contribution >= 0.6 is 0 Å². The van der Waals surface area contributed by atoms with Gasteiger partial charge in [-0.15, -0.1) is 13.2 Å². The molecule has 6 heteroatoms. The molecule has 0 bridgehead atoms. The van der Waals surface area contributed by atoms with Crippen molar-refractivity contribution >= 4 is 5.69 Å². The summed E-state index contributed by atoms with van der Waals surface area (Å²) in [6.45, 7) is 3.26. The lowest BCUT2D eigenvalue weighted by atomic mass is 10.1. The first-order valence-corrected chi connectivity index (χ1v) is 5.67. The second kappa shape index (κ2) is 4.66. The number of halogens is 4. The van der Waals surface area contributed by atoms with Gasteiger partial charge in [-0.3, -0.25) is 0 Å².